The SMILES string of the molecule is CNC(C)C(C)Cc1cncs1. The fraction of sp³-hybridized carbons (Fsp3) is 0.667. The number of nitrogens with one attached hydrogen (secondary N) is 1. The first kappa shape index (κ1) is 9.68. The average Bonchev–Trinajstić information content (AvgIpc) is 2.55. The van der Waals surface area contributed by atoms with Gasteiger partial charge in [-0.25, -0.2) is 0 Å². The molecule has 1 heterocycles. The fourth-order valence-electron chi connectivity index (χ4n) is 1.12. The van der Waals surface area contributed by atoms with Crippen LogP contribution in [0, 0.1) is 5.92 Å². The minimum atomic E-state index is 0.576. The molecule has 0 fully saturated rings. The zero-order valence-electron chi connectivity index (χ0n) is 7.87. The van der Waals surface area contributed by atoms with Crippen molar-refractivity contribution in [2.45, 2.75) is 26.3 Å². The first-order valence-corrected chi connectivity index (χ1v) is 5.16. The van der Waals surface area contributed by atoms with Gasteiger partial charge in [-0.05, 0) is 26.3 Å². The third kappa shape index (κ3) is 2.57. The number of thiazole rings is 1. The van der Waals surface area contributed by atoms with Gasteiger partial charge in [0.1, 0.15) is 0 Å². The molecule has 1 aromatic heterocycles. The van der Waals surface area contributed by atoms with Crippen LogP contribution in [0.1, 0.15) is 18.7 Å². The molecule has 0 aromatic carbocycles. The normalized spacial score (nSPS) is 15.9. The Bertz CT molecular complexity index is 208. The van der Waals surface area contributed by atoms with E-state index in [-0.39, 0.29) is 0 Å². The van der Waals surface area contributed by atoms with Crippen molar-refractivity contribution in [3.8, 4) is 0 Å². The van der Waals surface area contributed by atoms with Crippen molar-refractivity contribution in [2.24, 2.45) is 5.92 Å². The molecule has 0 aliphatic carbocycles. The Morgan fingerprint density at radius 1 is 1.58 bits per heavy atom. The molecule has 12 heavy (non-hydrogen) atoms. The maximum atomic E-state index is 4.06. The van der Waals surface area contributed by atoms with Crippen LogP contribution < -0.4 is 5.32 Å². The molecule has 0 amide bonds. The van der Waals surface area contributed by atoms with Gasteiger partial charge in [-0.2, -0.15) is 0 Å². The van der Waals surface area contributed by atoms with Gasteiger partial charge in [-0.15, -0.1) is 11.3 Å². The van der Waals surface area contributed by atoms with Crippen LogP contribution in [0.25, 0.3) is 0 Å². The second kappa shape index (κ2) is 4.58. The van der Waals surface area contributed by atoms with Gasteiger partial charge in [-0.3, -0.25) is 4.98 Å². The van der Waals surface area contributed by atoms with Crippen molar-refractivity contribution in [1.29, 1.82) is 0 Å². The first-order chi connectivity index (χ1) is 5.74. The van der Waals surface area contributed by atoms with Crippen LogP contribution in [0.4, 0.5) is 0 Å². The van der Waals surface area contributed by atoms with E-state index < -0.39 is 0 Å². The van der Waals surface area contributed by atoms with Gasteiger partial charge in [-0.1, -0.05) is 6.92 Å². The van der Waals surface area contributed by atoms with E-state index in [2.05, 4.69) is 24.1 Å². The Labute approximate surface area is 78.0 Å². The summed E-state index contributed by atoms with van der Waals surface area (Å²) in [6.07, 6.45) is 3.09. The molecule has 0 aliphatic heterocycles. The van der Waals surface area contributed by atoms with Crippen LogP contribution in [0.5, 0.6) is 0 Å². The molecule has 68 valence electrons. The topological polar surface area (TPSA) is 24.9 Å². The molecule has 0 saturated carbocycles. The molecule has 2 nitrogen and oxygen atoms in total. The summed E-state index contributed by atoms with van der Waals surface area (Å²) in [4.78, 5) is 5.44. The molecule has 1 N–H and O–H groups in total. The van der Waals surface area contributed by atoms with Crippen molar-refractivity contribution in [2.75, 3.05) is 7.05 Å². The number of hydrogen-bond donors (Lipinski definition) is 1. The Morgan fingerprint density at radius 2 is 2.33 bits per heavy atom. The summed E-state index contributed by atoms with van der Waals surface area (Å²) in [6.45, 7) is 4.48. The van der Waals surface area contributed by atoms with Gasteiger partial charge in [0.2, 0.25) is 0 Å². The molecule has 0 bridgehead atoms. The predicted octanol–water partition coefficient (Wildman–Crippen LogP) is 1.93. The largest absolute Gasteiger partial charge is 0.317 e. The van der Waals surface area contributed by atoms with Crippen LogP contribution in [0.15, 0.2) is 11.7 Å². The lowest BCUT2D eigenvalue weighted by atomic mass is 9.99. The summed E-state index contributed by atoms with van der Waals surface area (Å²) in [5, 5.41) is 3.26. The van der Waals surface area contributed by atoms with E-state index in [4.69, 9.17) is 0 Å². The van der Waals surface area contributed by atoms with Crippen molar-refractivity contribution in [3.63, 3.8) is 0 Å². The van der Waals surface area contributed by atoms with Crippen molar-refractivity contribution < 1.29 is 0 Å². The third-order valence-electron chi connectivity index (χ3n) is 2.32. The first-order valence-electron chi connectivity index (χ1n) is 4.28. The Kier molecular flexibility index (Phi) is 3.69. The average molecular weight is 184 g/mol. The van der Waals surface area contributed by atoms with E-state index in [9.17, 15) is 0 Å². The predicted molar refractivity (Wildman–Crippen MR) is 53.5 cm³/mol. The molecule has 2 unspecified atom stereocenters. The lowest BCUT2D eigenvalue weighted by molar-refractivity contribution is 0.426. The summed E-state index contributed by atoms with van der Waals surface area (Å²) >= 11 is 1.74. The van der Waals surface area contributed by atoms with Gasteiger partial charge in [0.15, 0.2) is 0 Å². The van der Waals surface area contributed by atoms with Crippen molar-refractivity contribution in [3.05, 3.63) is 16.6 Å². The second-order valence-corrected chi connectivity index (χ2v) is 4.20. The molecule has 1 aromatic rings. The zero-order chi connectivity index (χ0) is 8.97. The van der Waals surface area contributed by atoms with Gasteiger partial charge in [0.25, 0.3) is 0 Å². The van der Waals surface area contributed by atoms with Crippen LogP contribution in [-0.2, 0) is 6.42 Å². The summed E-state index contributed by atoms with van der Waals surface area (Å²) < 4.78 is 0. The van der Waals surface area contributed by atoms with E-state index in [0.717, 1.165) is 6.42 Å². The molecule has 0 spiro atoms. The van der Waals surface area contributed by atoms with Crippen LogP contribution in [-0.4, -0.2) is 18.1 Å². The van der Waals surface area contributed by atoms with Crippen molar-refractivity contribution >= 4 is 11.3 Å². The molecule has 0 aliphatic rings. The molecule has 0 radical (unpaired) electrons. The maximum absolute atomic E-state index is 4.06. The number of nitrogens with zero attached hydrogens (tertiary/aromatic N) is 1. The van der Waals surface area contributed by atoms with Gasteiger partial charge in [0, 0.05) is 17.1 Å². The third-order valence-corrected chi connectivity index (χ3v) is 3.12. The molecule has 2 atom stereocenters. The van der Waals surface area contributed by atoms with E-state index in [0.29, 0.717) is 12.0 Å². The van der Waals surface area contributed by atoms with E-state index in [1.165, 1.54) is 4.88 Å². The number of aromatic nitrogens is 1. The molecule has 3 heteroatoms. The van der Waals surface area contributed by atoms with E-state index in [1.807, 2.05) is 18.8 Å². The highest BCUT2D eigenvalue weighted by Gasteiger charge is 2.10. The van der Waals surface area contributed by atoms with Gasteiger partial charge in [0.05, 0.1) is 5.51 Å². The summed E-state index contributed by atoms with van der Waals surface area (Å²) in [5.74, 6) is 0.676. The number of rotatable bonds is 4. The zero-order valence-corrected chi connectivity index (χ0v) is 8.69. The van der Waals surface area contributed by atoms with Crippen LogP contribution >= 0.6 is 11.3 Å². The van der Waals surface area contributed by atoms with Gasteiger partial charge < -0.3 is 5.32 Å². The highest BCUT2D eigenvalue weighted by molar-refractivity contribution is 7.09. The lowest BCUT2D eigenvalue weighted by Crippen LogP contribution is -2.29. The monoisotopic (exact) mass is 184 g/mol. The molecule has 0 saturated heterocycles. The van der Waals surface area contributed by atoms with Crippen molar-refractivity contribution in [1.82, 2.24) is 10.3 Å². The Morgan fingerprint density at radius 3 is 2.83 bits per heavy atom. The summed E-state index contributed by atoms with van der Waals surface area (Å²) in [5.41, 5.74) is 1.89. The highest BCUT2D eigenvalue weighted by Crippen LogP contribution is 2.14. The van der Waals surface area contributed by atoms with Crippen LogP contribution in [0.3, 0.4) is 0 Å². The van der Waals surface area contributed by atoms with E-state index in [1.54, 1.807) is 11.3 Å². The summed E-state index contributed by atoms with van der Waals surface area (Å²) in [7, 11) is 2.01. The fourth-order valence-corrected chi connectivity index (χ4v) is 1.86. The second-order valence-electron chi connectivity index (χ2n) is 3.23. The standard InChI is InChI=1S/C9H16N2S/c1-7(8(2)10-3)4-9-5-11-6-12-9/h5-8,10H,4H2,1-3H3. The van der Waals surface area contributed by atoms with Gasteiger partial charge >= 0.3 is 0 Å². The highest BCUT2D eigenvalue weighted by atomic mass is 32.1. The molecular weight excluding hydrogens is 168 g/mol. The lowest BCUT2D eigenvalue weighted by Gasteiger charge is -2.17. The molecular formula is C9H16N2S. The minimum Gasteiger partial charge on any atom is -0.317 e. The molecule has 1 rings (SSSR count). The summed E-state index contributed by atoms with van der Waals surface area (Å²) in [6, 6.07) is 0.576. The maximum Gasteiger partial charge on any atom is 0.0794 e. The Hall–Kier alpha value is -0.410. The van der Waals surface area contributed by atoms with Crippen LogP contribution in [0.2, 0.25) is 0 Å². The number of hydrogen-bond acceptors (Lipinski definition) is 3. The van der Waals surface area contributed by atoms with E-state index >= 15 is 0 Å². The minimum absolute atomic E-state index is 0.576. The Balaban J connectivity index is 2.41. The quantitative estimate of drug-likeness (QED) is 0.773. The smallest absolute Gasteiger partial charge is 0.0794 e.